The third kappa shape index (κ3) is 4.52. The standard InChI is InChI=1S/C19H29FN2O/c1-4-15(20)17(14-10-6-5-7-11-14)18(23)22-19(2,3)16-12-8-9-13-21-16/h8-9,12-15,17H,4-7,10-11H2,1-3H3,(H,22,23)/t15-,17-/m0/s1. The van der Waals surface area contributed by atoms with Gasteiger partial charge >= 0.3 is 0 Å². The minimum Gasteiger partial charge on any atom is -0.345 e. The van der Waals surface area contributed by atoms with E-state index in [1.54, 1.807) is 6.20 Å². The van der Waals surface area contributed by atoms with Crippen LogP contribution in [0.1, 0.15) is 65.0 Å². The fraction of sp³-hybridized carbons (Fsp3) is 0.684. The molecule has 2 atom stereocenters. The van der Waals surface area contributed by atoms with Crippen molar-refractivity contribution in [2.45, 2.75) is 71.0 Å². The van der Waals surface area contributed by atoms with E-state index in [0.29, 0.717) is 6.42 Å². The summed E-state index contributed by atoms with van der Waals surface area (Å²) in [4.78, 5) is 17.2. The minimum atomic E-state index is -1.07. The average Bonchev–Trinajstić information content (AvgIpc) is 2.56. The first-order valence-electron chi connectivity index (χ1n) is 8.83. The molecule has 1 aromatic heterocycles. The second kappa shape index (κ2) is 7.89. The molecule has 1 aromatic rings. The Morgan fingerprint density at radius 1 is 1.35 bits per heavy atom. The van der Waals surface area contributed by atoms with Crippen LogP contribution in [0.3, 0.4) is 0 Å². The molecule has 1 amide bonds. The van der Waals surface area contributed by atoms with Crippen molar-refractivity contribution >= 4 is 5.91 Å². The molecule has 1 aliphatic rings. The number of aromatic nitrogens is 1. The van der Waals surface area contributed by atoms with Crippen molar-refractivity contribution in [2.24, 2.45) is 11.8 Å². The number of amides is 1. The van der Waals surface area contributed by atoms with E-state index in [-0.39, 0.29) is 11.8 Å². The highest BCUT2D eigenvalue weighted by Crippen LogP contribution is 2.34. The van der Waals surface area contributed by atoms with Crippen LogP contribution >= 0.6 is 0 Å². The summed E-state index contributed by atoms with van der Waals surface area (Å²) in [5.74, 6) is -0.538. The van der Waals surface area contributed by atoms with Gasteiger partial charge in [-0.25, -0.2) is 4.39 Å². The van der Waals surface area contributed by atoms with E-state index in [2.05, 4.69) is 10.3 Å². The van der Waals surface area contributed by atoms with Crippen molar-refractivity contribution in [1.82, 2.24) is 10.3 Å². The molecule has 1 heterocycles. The zero-order valence-electron chi connectivity index (χ0n) is 14.5. The Kier molecular flexibility index (Phi) is 6.14. The fourth-order valence-corrected chi connectivity index (χ4v) is 3.61. The van der Waals surface area contributed by atoms with E-state index < -0.39 is 17.6 Å². The van der Waals surface area contributed by atoms with Gasteiger partial charge in [0.15, 0.2) is 0 Å². The molecule has 1 fully saturated rings. The van der Waals surface area contributed by atoms with Crippen LogP contribution in [0.2, 0.25) is 0 Å². The summed E-state index contributed by atoms with van der Waals surface area (Å²) in [5.41, 5.74) is 0.196. The molecule has 0 unspecified atom stereocenters. The lowest BCUT2D eigenvalue weighted by Gasteiger charge is -2.34. The summed E-state index contributed by atoms with van der Waals surface area (Å²) in [7, 11) is 0. The number of carbonyl (C=O) groups is 1. The molecule has 0 aliphatic heterocycles. The molecule has 4 heteroatoms. The van der Waals surface area contributed by atoms with Crippen LogP contribution in [-0.4, -0.2) is 17.1 Å². The van der Waals surface area contributed by atoms with Crippen molar-refractivity contribution < 1.29 is 9.18 Å². The van der Waals surface area contributed by atoms with Gasteiger partial charge in [-0.2, -0.15) is 0 Å². The van der Waals surface area contributed by atoms with Crippen LogP contribution in [-0.2, 0) is 10.3 Å². The molecule has 1 aliphatic carbocycles. The highest BCUT2D eigenvalue weighted by Gasteiger charge is 2.38. The zero-order valence-corrected chi connectivity index (χ0v) is 14.5. The number of nitrogens with one attached hydrogen (secondary N) is 1. The van der Waals surface area contributed by atoms with E-state index in [1.165, 1.54) is 6.42 Å². The number of carbonyl (C=O) groups excluding carboxylic acids is 1. The topological polar surface area (TPSA) is 42.0 Å². The summed E-state index contributed by atoms with van der Waals surface area (Å²) < 4.78 is 14.5. The first-order valence-corrected chi connectivity index (χ1v) is 8.83. The summed E-state index contributed by atoms with van der Waals surface area (Å²) in [5, 5.41) is 3.04. The van der Waals surface area contributed by atoms with E-state index in [0.717, 1.165) is 31.4 Å². The zero-order chi connectivity index (χ0) is 16.9. The van der Waals surface area contributed by atoms with Gasteiger partial charge in [0.1, 0.15) is 6.17 Å². The predicted molar refractivity (Wildman–Crippen MR) is 90.7 cm³/mol. The van der Waals surface area contributed by atoms with Crippen LogP contribution in [0.4, 0.5) is 4.39 Å². The number of hydrogen-bond acceptors (Lipinski definition) is 2. The smallest absolute Gasteiger partial charge is 0.227 e. The average molecular weight is 320 g/mol. The number of alkyl halides is 1. The molecule has 0 radical (unpaired) electrons. The summed E-state index contributed by atoms with van der Waals surface area (Å²) in [6, 6.07) is 5.64. The number of hydrogen-bond donors (Lipinski definition) is 1. The molecule has 2 rings (SSSR count). The van der Waals surface area contributed by atoms with E-state index in [9.17, 15) is 9.18 Å². The molecule has 3 nitrogen and oxygen atoms in total. The van der Waals surface area contributed by atoms with E-state index in [4.69, 9.17) is 0 Å². The van der Waals surface area contributed by atoms with Crippen molar-refractivity contribution in [1.29, 1.82) is 0 Å². The molecule has 23 heavy (non-hydrogen) atoms. The first-order chi connectivity index (χ1) is 11.0. The van der Waals surface area contributed by atoms with Gasteiger partial charge in [-0.15, -0.1) is 0 Å². The maximum Gasteiger partial charge on any atom is 0.227 e. The molecule has 0 saturated heterocycles. The predicted octanol–water partition coefficient (Wildman–Crippen LogP) is 4.38. The Bertz CT molecular complexity index is 497. The Balaban J connectivity index is 2.13. The molecular formula is C19H29FN2O. The van der Waals surface area contributed by atoms with Crippen LogP contribution < -0.4 is 5.32 Å². The summed E-state index contributed by atoms with van der Waals surface area (Å²) >= 11 is 0. The van der Waals surface area contributed by atoms with Crippen molar-refractivity contribution in [3.05, 3.63) is 30.1 Å². The van der Waals surface area contributed by atoms with Gasteiger partial charge in [-0.05, 0) is 51.2 Å². The minimum absolute atomic E-state index is 0.165. The molecule has 0 bridgehead atoms. The monoisotopic (exact) mass is 320 g/mol. The third-order valence-electron chi connectivity index (χ3n) is 4.98. The van der Waals surface area contributed by atoms with Crippen LogP contribution in [0.5, 0.6) is 0 Å². The lowest BCUT2D eigenvalue weighted by molar-refractivity contribution is -0.131. The second-order valence-corrected chi connectivity index (χ2v) is 7.18. The molecule has 1 saturated carbocycles. The van der Waals surface area contributed by atoms with E-state index >= 15 is 0 Å². The van der Waals surface area contributed by atoms with Gasteiger partial charge in [0.25, 0.3) is 0 Å². The lowest BCUT2D eigenvalue weighted by Crippen LogP contribution is -2.48. The molecule has 1 N–H and O–H groups in total. The van der Waals surface area contributed by atoms with Crippen LogP contribution in [0.25, 0.3) is 0 Å². The number of halogens is 1. The number of nitrogens with zero attached hydrogens (tertiary/aromatic N) is 1. The van der Waals surface area contributed by atoms with Gasteiger partial charge in [0.05, 0.1) is 17.2 Å². The maximum atomic E-state index is 14.5. The third-order valence-corrected chi connectivity index (χ3v) is 4.98. The number of pyridine rings is 1. The molecular weight excluding hydrogens is 291 g/mol. The summed E-state index contributed by atoms with van der Waals surface area (Å²) in [6.45, 7) is 5.66. The second-order valence-electron chi connectivity index (χ2n) is 7.18. The Morgan fingerprint density at radius 2 is 2.04 bits per heavy atom. The van der Waals surface area contributed by atoms with Gasteiger partial charge in [0, 0.05) is 6.20 Å². The highest BCUT2D eigenvalue weighted by molar-refractivity contribution is 5.80. The first kappa shape index (κ1) is 17.9. The van der Waals surface area contributed by atoms with Gasteiger partial charge in [0.2, 0.25) is 5.91 Å². The molecule has 0 spiro atoms. The Hall–Kier alpha value is -1.45. The largest absolute Gasteiger partial charge is 0.345 e. The van der Waals surface area contributed by atoms with Crippen LogP contribution in [0.15, 0.2) is 24.4 Å². The van der Waals surface area contributed by atoms with Crippen molar-refractivity contribution in [3.63, 3.8) is 0 Å². The van der Waals surface area contributed by atoms with Gasteiger partial charge in [-0.3, -0.25) is 9.78 Å². The van der Waals surface area contributed by atoms with Crippen molar-refractivity contribution in [2.75, 3.05) is 0 Å². The quantitative estimate of drug-likeness (QED) is 0.845. The lowest BCUT2D eigenvalue weighted by atomic mass is 9.76. The SMILES string of the molecule is CC[C@H](F)[C@@H](C(=O)NC(C)(C)c1ccccn1)C1CCCCC1. The molecule has 0 aromatic carbocycles. The Labute approximate surface area is 139 Å². The fourth-order valence-electron chi connectivity index (χ4n) is 3.61. The Morgan fingerprint density at radius 3 is 2.61 bits per heavy atom. The maximum absolute atomic E-state index is 14.5. The molecule has 128 valence electrons. The van der Waals surface area contributed by atoms with Gasteiger partial charge in [-0.1, -0.05) is 32.3 Å². The van der Waals surface area contributed by atoms with E-state index in [1.807, 2.05) is 39.0 Å². The highest BCUT2D eigenvalue weighted by atomic mass is 19.1. The van der Waals surface area contributed by atoms with Crippen LogP contribution in [0, 0.1) is 11.8 Å². The van der Waals surface area contributed by atoms with Crippen molar-refractivity contribution in [3.8, 4) is 0 Å². The summed E-state index contributed by atoms with van der Waals surface area (Å²) in [6.07, 6.45) is 6.36. The number of rotatable bonds is 6. The normalized spacial score (nSPS) is 19.1. The van der Waals surface area contributed by atoms with Gasteiger partial charge < -0.3 is 5.32 Å².